The lowest BCUT2D eigenvalue weighted by atomic mass is 9.91. The van der Waals surface area contributed by atoms with Gasteiger partial charge in [-0.1, -0.05) is 24.3 Å². The number of aliphatic carboxylic acids is 1. The van der Waals surface area contributed by atoms with Gasteiger partial charge in [0, 0.05) is 12.4 Å². The van der Waals surface area contributed by atoms with Gasteiger partial charge in [-0.2, -0.15) is 0 Å². The first kappa shape index (κ1) is 11.0. The van der Waals surface area contributed by atoms with E-state index in [2.05, 4.69) is 4.98 Å². The van der Waals surface area contributed by atoms with E-state index in [4.69, 9.17) is 0 Å². The van der Waals surface area contributed by atoms with E-state index < -0.39 is 11.5 Å². The van der Waals surface area contributed by atoms with Crippen LogP contribution in [0.1, 0.15) is 23.4 Å². The van der Waals surface area contributed by atoms with Crippen molar-refractivity contribution in [3.05, 3.63) is 53.6 Å². The number of hydrogen-bond donors (Lipinski definition) is 1. The fourth-order valence-electron chi connectivity index (χ4n) is 2.95. The number of carboxylic acid groups (broad SMARTS) is 1. The van der Waals surface area contributed by atoms with Gasteiger partial charge in [0.05, 0.1) is 0 Å². The second-order valence-corrected chi connectivity index (χ2v) is 4.67. The van der Waals surface area contributed by atoms with Gasteiger partial charge in [-0.25, -0.2) is 9.78 Å². The zero-order chi connectivity index (χ0) is 12.8. The second-order valence-electron chi connectivity index (χ2n) is 4.67. The topological polar surface area (TPSA) is 55.1 Å². The molecule has 0 saturated carbocycles. The molecule has 1 aliphatic carbocycles. The van der Waals surface area contributed by atoms with E-state index >= 15 is 0 Å². The van der Waals surface area contributed by atoms with Crippen molar-refractivity contribution in [2.75, 3.05) is 0 Å². The maximum Gasteiger partial charge on any atom is 0.334 e. The SMILES string of the molecule is Cc1nccn1C1(C(=O)O)CCc2ccccc21. The molecule has 4 nitrogen and oxygen atoms in total. The summed E-state index contributed by atoms with van der Waals surface area (Å²) in [6, 6.07) is 7.77. The molecule has 1 atom stereocenters. The lowest BCUT2D eigenvalue weighted by Gasteiger charge is -2.28. The Hall–Kier alpha value is -2.10. The van der Waals surface area contributed by atoms with Gasteiger partial charge in [0.2, 0.25) is 0 Å². The molecule has 1 unspecified atom stereocenters. The van der Waals surface area contributed by atoms with Crippen LogP contribution in [0, 0.1) is 6.92 Å². The van der Waals surface area contributed by atoms with Crippen molar-refractivity contribution in [3.8, 4) is 0 Å². The molecule has 0 saturated heterocycles. The molecule has 0 spiro atoms. The summed E-state index contributed by atoms with van der Waals surface area (Å²) in [7, 11) is 0. The van der Waals surface area contributed by atoms with Crippen molar-refractivity contribution in [3.63, 3.8) is 0 Å². The van der Waals surface area contributed by atoms with Crippen LogP contribution in [-0.4, -0.2) is 20.6 Å². The molecule has 1 aromatic heterocycles. The van der Waals surface area contributed by atoms with E-state index in [1.807, 2.05) is 31.2 Å². The van der Waals surface area contributed by atoms with E-state index in [9.17, 15) is 9.90 Å². The zero-order valence-electron chi connectivity index (χ0n) is 10.1. The van der Waals surface area contributed by atoms with Gasteiger partial charge < -0.3 is 9.67 Å². The summed E-state index contributed by atoms with van der Waals surface area (Å²) in [4.78, 5) is 16.0. The first-order chi connectivity index (χ1) is 8.66. The van der Waals surface area contributed by atoms with Crippen LogP contribution in [0.3, 0.4) is 0 Å². The van der Waals surface area contributed by atoms with Crippen molar-refractivity contribution in [1.82, 2.24) is 9.55 Å². The third-order valence-electron chi connectivity index (χ3n) is 3.81. The molecule has 2 aromatic rings. The highest BCUT2D eigenvalue weighted by Crippen LogP contribution is 2.41. The number of carbonyl (C=O) groups is 1. The number of imidazole rings is 1. The molecule has 0 radical (unpaired) electrons. The third kappa shape index (κ3) is 1.26. The Morgan fingerprint density at radius 3 is 2.89 bits per heavy atom. The van der Waals surface area contributed by atoms with Crippen LogP contribution >= 0.6 is 0 Å². The summed E-state index contributed by atoms with van der Waals surface area (Å²) in [5.74, 6) is -0.0809. The fraction of sp³-hybridized carbons (Fsp3) is 0.286. The number of aryl methyl sites for hydroxylation is 2. The fourth-order valence-corrected chi connectivity index (χ4v) is 2.95. The predicted molar refractivity (Wildman–Crippen MR) is 66.4 cm³/mol. The van der Waals surface area contributed by atoms with Crippen molar-refractivity contribution in [2.45, 2.75) is 25.3 Å². The molecule has 1 aliphatic rings. The van der Waals surface area contributed by atoms with Crippen molar-refractivity contribution in [1.29, 1.82) is 0 Å². The minimum atomic E-state index is -0.989. The number of fused-ring (bicyclic) bond motifs is 1. The maximum atomic E-state index is 11.9. The Labute approximate surface area is 105 Å². The Kier molecular flexibility index (Phi) is 2.26. The quantitative estimate of drug-likeness (QED) is 0.875. The summed E-state index contributed by atoms with van der Waals surface area (Å²) in [6.07, 6.45) is 4.78. The van der Waals surface area contributed by atoms with E-state index in [-0.39, 0.29) is 0 Å². The summed E-state index contributed by atoms with van der Waals surface area (Å²) in [5, 5.41) is 9.76. The number of nitrogens with zero attached hydrogens (tertiary/aromatic N) is 2. The minimum Gasteiger partial charge on any atom is -0.479 e. The molecule has 0 bridgehead atoms. The Morgan fingerprint density at radius 1 is 1.44 bits per heavy atom. The first-order valence-corrected chi connectivity index (χ1v) is 5.98. The van der Waals surface area contributed by atoms with Crippen molar-refractivity contribution in [2.24, 2.45) is 0 Å². The minimum absolute atomic E-state index is 0.582. The molecule has 92 valence electrons. The van der Waals surface area contributed by atoms with Gasteiger partial charge in [0.15, 0.2) is 5.54 Å². The highest BCUT2D eigenvalue weighted by molar-refractivity contribution is 5.83. The molecule has 1 N–H and O–H groups in total. The smallest absolute Gasteiger partial charge is 0.334 e. The van der Waals surface area contributed by atoms with E-state index in [0.717, 1.165) is 23.4 Å². The lowest BCUT2D eigenvalue weighted by Crippen LogP contribution is -2.41. The molecular weight excluding hydrogens is 228 g/mol. The average molecular weight is 242 g/mol. The summed E-state index contributed by atoms with van der Waals surface area (Å²) in [6.45, 7) is 1.84. The molecule has 18 heavy (non-hydrogen) atoms. The van der Waals surface area contributed by atoms with E-state index in [1.54, 1.807) is 17.0 Å². The number of hydrogen-bond acceptors (Lipinski definition) is 2. The highest BCUT2D eigenvalue weighted by atomic mass is 16.4. The predicted octanol–water partition coefficient (Wildman–Crippen LogP) is 1.97. The van der Waals surface area contributed by atoms with Crippen LogP contribution in [0.5, 0.6) is 0 Å². The van der Waals surface area contributed by atoms with Gasteiger partial charge >= 0.3 is 5.97 Å². The van der Waals surface area contributed by atoms with Crippen LogP contribution in [0.15, 0.2) is 36.7 Å². The van der Waals surface area contributed by atoms with Crippen LogP contribution in [0.25, 0.3) is 0 Å². The number of benzene rings is 1. The molecule has 3 rings (SSSR count). The molecule has 4 heteroatoms. The van der Waals surface area contributed by atoms with Gasteiger partial charge in [0.25, 0.3) is 0 Å². The van der Waals surface area contributed by atoms with E-state index in [1.165, 1.54) is 0 Å². The van der Waals surface area contributed by atoms with Crippen molar-refractivity contribution < 1.29 is 9.90 Å². The standard InChI is InChI=1S/C14H14N2O2/c1-10-15-8-9-16(10)14(13(17)18)7-6-11-4-2-3-5-12(11)14/h2-5,8-9H,6-7H2,1H3,(H,17,18). The molecule has 1 heterocycles. The zero-order valence-corrected chi connectivity index (χ0v) is 10.1. The maximum absolute atomic E-state index is 11.9. The second kappa shape index (κ2) is 3.70. The Balaban J connectivity index is 2.28. The third-order valence-corrected chi connectivity index (χ3v) is 3.81. The van der Waals surface area contributed by atoms with Crippen LogP contribution in [0.2, 0.25) is 0 Å². The molecule has 0 aliphatic heterocycles. The van der Waals surface area contributed by atoms with Crippen molar-refractivity contribution >= 4 is 5.97 Å². The first-order valence-electron chi connectivity index (χ1n) is 5.98. The average Bonchev–Trinajstić information content (AvgIpc) is 2.93. The number of rotatable bonds is 2. The highest BCUT2D eigenvalue weighted by Gasteiger charge is 2.47. The van der Waals surface area contributed by atoms with Gasteiger partial charge in [-0.15, -0.1) is 0 Å². The summed E-state index contributed by atoms with van der Waals surface area (Å²) in [5.41, 5.74) is 1.02. The van der Waals surface area contributed by atoms with Crippen LogP contribution in [-0.2, 0) is 16.8 Å². The van der Waals surface area contributed by atoms with Gasteiger partial charge in [-0.05, 0) is 30.9 Å². The Morgan fingerprint density at radius 2 is 2.22 bits per heavy atom. The monoisotopic (exact) mass is 242 g/mol. The normalized spacial score (nSPS) is 21.8. The summed E-state index contributed by atoms with van der Waals surface area (Å²) < 4.78 is 1.78. The number of aromatic nitrogens is 2. The molecule has 0 fully saturated rings. The number of carboxylic acids is 1. The van der Waals surface area contributed by atoms with Gasteiger partial charge in [0.1, 0.15) is 5.82 Å². The van der Waals surface area contributed by atoms with Crippen LogP contribution < -0.4 is 0 Å². The lowest BCUT2D eigenvalue weighted by molar-refractivity contribution is -0.145. The Bertz CT molecular complexity index is 618. The largest absolute Gasteiger partial charge is 0.479 e. The van der Waals surface area contributed by atoms with Crippen LogP contribution in [0.4, 0.5) is 0 Å². The van der Waals surface area contributed by atoms with E-state index in [0.29, 0.717) is 6.42 Å². The molecule has 1 aromatic carbocycles. The summed E-state index contributed by atoms with van der Waals surface area (Å²) >= 11 is 0. The van der Waals surface area contributed by atoms with Gasteiger partial charge in [-0.3, -0.25) is 0 Å². The molecule has 0 amide bonds. The molecular formula is C14H14N2O2.